The molecule has 21 nitrogen and oxygen atoms in total. The lowest BCUT2D eigenvalue weighted by atomic mass is 9.80. The number of halogens is 1. The van der Waals surface area contributed by atoms with Crippen LogP contribution in [0.25, 0.3) is 32.7 Å². The van der Waals surface area contributed by atoms with Gasteiger partial charge < -0.3 is 65.4 Å². The summed E-state index contributed by atoms with van der Waals surface area (Å²) in [5.41, 5.74) is 15.2. The van der Waals surface area contributed by atoms with Crippen LogP contribution in [0.2, 0.25) is 0 Å². The van der Waals surface area contributed by atoms with Crippen molar-refractivity contribution in [2.24, 2.45) is 5.73 Å². The van der Waals surface area contributed by atoms with Gasteiger partial charge in [0.15, 0.2) is 0 Å². The van der Waals surface area contributed by atoms with E-state index in [-0.39, 0.29) is 62.4 Å². The molecule has 2 unspecified atom stereocenters. The van der Waals surface area contributed by atoms with Crippen molar-refractivity contribution in [1.82, 2.24) is 30.9 Å². The number of primary amides is 1. The number of amides is 7. The first-order valence-electron chi connectivity index (χ1n) is 31.5. The highest BCUT2D eigenvalue weighted by Gasteiger charge is 2.40. The van der Waals surface area contributed by atoms with Crippen LogP contribution in [0.3, 0.4) is 0 Å². The van der Waals surface area contributed by atoms with Crippen molar-refractivity contribution in [3.8, 4) is 11.5 Å². The second-order valence-electron chi connectivity index (χ2n) is 22.1. The van der Waals surface area contributed by atoms with Gasteiger partial charge in [0.1, 0.15) is 40.3 Å². The predicted molar refractivity (Wildman–Crippen MR) is 359 cm³/mol. The van der Waals surface area contributed by atoms with Crippen LogP contribution in [0.15, 0.2) is 133 Å². The molecule has 0 saturated heterocycles. The minimum atomic E-state index is -1.85. The number of rotatable bonds is 21. The van der Waals surface area contributed by atoms with E-state index in [0.29, 0.717) is 73.5 Å². The van der Waals surface area contributed by atoms with Crippen LogP contribution in [0.1, 0.15) is 105 Å². The van der Waals surface area contributed by atoms with Crippen molar-refractivity contribution in [1.29, 1.82) is 1.28 Å². The van der Waals surface area contributed by atoms with Gasteiger partial charge in [0.2, 0.25) is 11.8 Å². The SMILES string of the molecule is CC.CNC(=O)CCC(=O)OC(CNC(=O)CCNC(=O)c1cc2c3c(ccc2[nH]1)N(C(=O)c1cc2c4c(ccc2[nH]1)N(C(=O)c1cc2c5c(ccc2[nH]1)N(C(N)=O)CC5)CC4)CC3)COC(c1ccccc1)(c1ccc(OC)cc1)c1ccc(OC)cc1.[3H]P(F)CC. The van der Waals surface area contributed by atoms with Gasteiger partial charge in [-0.05, 0) is 138 Å². The number of hydrogen-bond acceptors (Lipinski definition) is 11. The lowest BCUT2D eigenvalue weighted by Crippen LogP contribution is -2.42. The molecule has 0 aliphatic carbocycles. The molecule has 23 heteroatoms. The van der Waals surface area contributed by atoms with Gasteiger partial charge in [-0.15, -0.1) is 0 Å². The number of ether oxygens (including phenoxy) is 4. The van der Waals surface area contributed by atoms with Crippen molar-refractivity contribution in [3.63, 3.8) is 0 Å². The number of carbonyl (C=O) groups is 7. The smallest absolute Gasteiger partial charge is 0.319 e. The molecular weight excluding hydrogens is 1210 g/mol. The average Bonchev–Trinajstić information content (AvgIpc) is 1.28. The molecule has 3 aromatic heterocycles. The number of carbonyl (C=O) groups excluding carboxylic acids is 7. The third-order valence-corrected chi connectivity index (χ3v) is 17.1. The topological polar surface area (TPSA) is 276 Å². The molecule has 3 aliphatic rings. The van der Waals surface area contributed by atoms with Gasteiger partial charge in [0.05, 0.1) is 43.9 Å². The predicted octanol–water partition coefficient (Wildman–Crippen LogP) is 10.3. The Labute approximate surface area is 540 Å². The summed E-state index contributed by atoms with van der Waals surface area (Å²) in [4.78, 5) is 108. The molecule has 0 radical (unpaired) electrons. The number of aromatic amines is 3. The summed E-state index contributed by atoms with van der Waals surface area (Å²) in [5.74, 6) is -0.969. The first-order valence-corrected chi connectivity index (χ1v) is 32.0. The normalized spacial score (nSPS) is 13.8. The Bertz CT molecular complexity index is 4220. The van der Waals surface area contributed by atoms with Gasteiger partial charge in [-0.1, -0.05) is 75.4 Å². The Kier molecular flexibility index (Phi) is 20.4. The average molecular weight is 1290 g/mol. The highest BCUT2D eigenvalue weighted by molar-refractivity contribution is 7.31. The summed E-state index contributed by atoms with van der Waals surface area (Å²) in [6, 6.07) is 40.7. The Morgan fingerprint density at radius 3 is 1.53 bits per heavy atom. The molecule has 93 heavy (non-hydrogen) atoms. The summed E-state index contributed by atoms with van der Waals surface area (Å²) in [5, 5.41) is 10.7. The van der Waals surface area contributed by atoms with E-state index >= 15 is 0 Å². The van der Waals surface area contributed by atoms with Crippen LogP contribution >= 0.6 is 8.84 Å². The van der Waals surface area contributed by atoms with E-state index < -0.39 is 44.4 Å². The third kappa shape index (κ3) is 13.8. The second kappa shape index (κ2) is 29.5. The van der Waals surface area contributed by atoms with Crippen LogP contribution < -0.4 is 45.9 Å². The van der Waals surface area contributed by atoms with Crippen molar-refractivity contribution in [2.75, 3.05) is 81.5 Å². The Morgan fingerprint density at radius 1 is 0.613 bits per heavy atom. The first-order chi connectivity index (χ1) is 45.5. The standard InChI is InChI=1S/C66H64N10O11.C2H6FP.C2H6/c1-68-59(77)23-24-61(79)87-43(37-86-66(38-7-5-4-6-8-38,39-9-13-41(84-2)14-10-39)40-11-15-42(85-3)16-12-40)36-70-60(78)25-29-69-62(80)53-33-47-44-26-30-74(56(44)20-17-50(47)71-53)63(81)54-34-48-45-27-31-75(57(45)21-18-51(48)72-54)64(82)55-35-49-46-28-32-76(65(67)83)58(46)22-19-52(49)73-55;1-2-4-3;1-2/h4-22,33-35,43,71-73H,23-32,36-37H2,1-3H3,(H2,67,83)(H,68,77)(H,69,80)(H,70,78);4H,2H2,1H3;1-2H3/i;4T;. The summed E-state index contributed by atoms with van der Waals surface area (Å²) >= 11 is 0. The lowest BCUT2D eigenvalue weighted by Gasteiger charge is -2.37. The van der Waals surface area contributed by atoms with Gasteiger partial charge in [0.25, 0.3) is 17.7 Å². The third-order valence-electron chi connectivity index (χ3n) is 16.8. The van der Waals surface area contributed by atoms with Gasteiger partial charge in [0, 0.05) is 95.8 Å². The number of nitrogens with two attached hydrogens (primary N) is 1. The number of benzene rings is 6. The number of urea groups is 1. The van der Waals surface area contributed by atoms with Crippen molar-refractivity contribution < 1.29 is 56.7 Å². The molecule has 0 spiro atoms. The summed E-state index contributed by atoms with van der Waals surface area (Å²) in [6.45, 7) is 6.67. The minimum Gasteiger partial charge on any atom is -0.497 e. The summed E-state index contributed by atoms with van der Waals surface area (Å²) in [7, 11) is 2.80. The van der Waals surface area contributed by atoms with Crippen LogP contribution in [-0.4, -0.2) is 131 Å². The summed E-state index contributed by atoms with van der Waals surface area (Å²) in [6.07, 6.45) is 0.730. The number of nitrogens with one attached hydrogen (secondary N) is 6. The Morgan fingerprint density at radius 2 is 1.06 bits per heavy atom. The maximum atomic E-state index is 14.4. The summed E-state index contributed by atoms with van der Waals surface area (Å²) < 4.78 is 41.3. The number of aromatic nitrogens is 3. The van der Waals surface area contributed by atoms with E-state index in [0.717, 1.165) is 77.6 Å². The largest absolute Gasteiger partial charge is 0.497 e. The van der Waals surface area contributed by atoms with E-state index in [1.807, 2.05) is 141 Å². The van der Waals surface area contributed by atoms with Crippen LogP contribution in [0.4, 0.5) is 26.1 Å². The zero-order valence-corrected chi connectivity index (χ0v) is 53.6. The zero-order valence-electron chi connectivity index (χ0n) is 53.7. The monoisotopic (exact) mass is 1280 g/mol. The Hall–Kier alpha value is -10.1. The quantitative estimate of drug-likeness (QED) is 0.0202. The second-order valence-corrected chi connectivity index (χ2v) is 23.0. The highest BCUT2D eigenvalue weighted by atomic mass is 31.1. The molecule has 0 fully saturated rings. The van der Waals surface area contributed by atoms with Crippen molar-refractivity contribution >= 4 is 100 Å². The molecular formula is C70H76FN10O11P. The number of hydrogen-bond donors (Lipinski definition) is 7. The fraction of sp³-hybridized carbons (Fsp3) is 0.300. The maximum Gasteiger partial charge on any atom is 0.319 e. The fourth-order valence-electron chi connectivity index (χ4n) is 12.3. The zero-order chi connectivity index (χ0) is 66.8. The van der Waals surface area contributed by atoms with Gasteiger partial charge in [-0.3, -0.25) is 33.7 Å². The van der Waals surface area contributed by atoms with Crippen LogP contribution in [0, 0.1) is 0 Å². The van der Waals surface area contributed by atoms with Crippen LogP contribution in [-0.2, 0) is 48.7 Å². The van der Waals surface area contributed by atoms with E-state index in [1.165, 1.54) is 7.05 Å². The number of esters is 1. The van der Waals surface area contributed by atoms with Gasteiger partial charge in [-0.25, -0.2) is 8.99 Å². The van der Waals surface area contributed by atoms with Gasteiger partial charge in [-0.2, -0.15) is 0 Å². The molecule has 8 N–H and O–H groups in total. The molecule has 484 valence electrons. The first kappa shape index (κ1) is 64.5. The minimum absolute atomic E-state index is 0.0208. The molecule has 0 bridgehead atoms. The molecule has 12 rings (SSSR count). The Balaban J connectivity index is 0.00000132. The number of anilines is 3. The molecule has 3 aliphatic heterocycles. The number of nitrogens with zero attached hydrogens (tertiary/aromatic N) is 3. The van der Waals surface area contributed by atoms with Gasteiger partial charge >= 0.3 is 12.0 Å². The number of methoxy groups -OCH3 is 2. The van der Waals surface area contributed by atoms with E-state index in [4.69, 9.17) is 26.0 Å². The maximum absolute atomic E-state index is 14.4. The molecule has 0 saturated carbocycles. The van der Waals surface area contributed by atoms with Crippen molar-refractivity contribution in [2.45, 2.75) is 71.0 Å². The van der Waals surface area contributed by atoms with Crippen molar-refractivity contribution in [3.05, 3.63) is 184 Å². The lowest BCUT2D eigenvalue weighted by molar-refractivity contribution is -0.155. The molecule has 2 atom stereocenters. The molecule has 6 heterocycles. The number of fused-ring (bicyclic) bond motifs is 9. The molecule has 7 amide bonds. The highest BCUT2D eigenvalue weighted by Crippen LogP contribution is 2.43. The molecule has 9 aromatic rings. The van der Waals surface area contributed by atoms with E-state index in [9.17, 15) is 37.8 Å². The van der Waals surface area contributed by atoms with E-state index in [1.54, 1.807) is 41.9 Å². The van der Waals surface area contributed by atoms with Crippen LogP contribution in [0.5, 0.6) is 11.5 Å². The molecule has 6 aromatic carbocycles. The van der Waals surface area contributed by atoms with E-state index in [2.05, 4.69) is 30.9 Å². The fourth-order valence-corrected chi connectivity index (χ4v) is 12.3. The number of H-pyrrole nitrogens is 3.